The van der Waals surface area contributed by atoms with Crippen LogP contribution in [0, 0.1) is 0 Å². The third-order valence-electron chi connectivity index (χ3n) is 2.97. The van der Waals surface area contributed by atoms with Gasteiger partial charge in [0.1, 0.15) is 5.82 Å². The molecule has 0 fully saturated rings. The number of anilines is 1. The van der Waals surface area contributed by atoms with Crippen molar-refractivity contribution in [1.29, 1.82) is 0 Å². The molecule has 0 saturated heterocycles. The maximum atomic E-state index is 12.6. The Morgan fingerprint density at radius 3 is 2.55 bits per heavy atom. The Hall–Kier alpha value is -1.63. The highest BCUT2D eigenvalue weighted by Gasteiger charge is 2.30. The SMILES string of the molecule is CC(C)(C)c1nc(CCNc2cc(C(F)(F)F)ccn2)cs1. The third-order valence-corrected chi connectivity index (χ3v) is 4.28. The molecule has 120 valence electrons. The zero-order valence-electron chi connectivity index (χ0n) is 12.7. The molecule has 0 aliphatic heterocycles. The monoisotopic (exact) mass is 329 g/mol. The maximum absolute atomic E-state index is 12.6. The molecule has 2 heterocycles. The van der Waals surface area contributed by atoms with E-state index < -0.39 is 11.7 Å². The van der Waals surface area contributed by atoms with Gasteiger partial charge in [-0.25, -0.2) is 9.97 Å². The van der Waals surface area contributed by atoms with Gasteiger partial charge in [-0.3, -0.25) is 0 Å². The second kappa shape index (κ2) is 6.24. The first-order chi connectivity index (χ1) is 10.2. The average Bonchev–Trinajstić information content (AvgIpc) is 2.87. The largest absolute Gasteiger partial charge is 0.416 e. The van der Waals surface area contributed by atoms with Crippen molar-refractivity contribution in [2.24, 2.45) is 0 Å². The molecule has 0 atom stereocenters. The van der Waals surface area contributed by atoms with Crippen LogP contribution in [0.15, 0.2) is 23.7 Å². The maximum Gasteiger partial charge on any atom is 0.416 e. The highest BCUT2D eigenvalue weighted by atomic mass is 32.1. The Kier molecular flexibility index (Phi) is 4.75. The first-order valence-electron chi connectivity index (χ1n) is 6.88. The van der Waals surface area contributed by atoms with Gasteiger partial charge in [0.25, 0.3) is 0 Å². The van der Waals surface area contributed by atoms with E-state index in [2.05, 4.69) is 36.1 Å². The molecular weight excluding hydrogens is 311 g/mol. The number of thiazole rings is 1. The zero-order chi connectivity index (χ0) is 16.4. The smallest absolute Gasteiger partial charge is 0.370 e. The molecule has 7 heteroatoms. The summed E-state index contributed by atoms with van der Waals surface area (Å²) in [5.74, 6) is 0.223. The summed E-state index contributed by atoms with van der Waals surface area (Å²) in [7, 11) is 0. The van der Waals surface area contributed by atoms with Crippen molar-refractivity contribution in [1.82, 2.24) is 9.97 Å². The summed E-state index contributed by atoms with van der Waals surface area (Å²) in [6.45, 7) is 6.78. The number of rotatable bonds is 4. The van der Waals surface area contributed by atoms with E-state index in [1.54, 1.807) is 11.3 Å². The van der Waals surface area contributed by atoms with Gasteiger partial charge in [-0.05, 0) is 12.1 Å². The van der Waals surface area contributed by atoms with Crippen molar-refractivity contribution >= 4 is 17.2 Å². The zero-order valence-corrected chi connectivity index (χ0v) is 13.5. The first kappa shape index (κ1) is 16.7. The van der Waals surface area contributed by atoms with Crippen molar-refractivity contribution < 1.29 is 13.2 Å². The number of hydrogen-bond donors (Lipinski definition) is 1. The van der Waals surface area contributed by atoms with Crippen LogP contribution in [0.3, 0.4) is 0 Å². The van der Waals surface area contributed by atoms with Crippen LogP contribution in [-0.4, -0.2) is 16.5 Å². The minimum Gasteiger partial charge on any atom is -0.370 e. The van der Waals surface area contributed by atoms with Crippen molar-refractivity contribution in [2.45, 2.75) is 38.8 Å². The van der Waals surface area contributed by atoms with Gasteiger partial charge in [0, 0.05) is 30.0 Å². The number of aromatic nitrogens is 2. The Morgan fingerprint density at radius 1 is 1.23 bits per heavy atom. The van der Waals surface area contributed by atoms with Crippen LogP contribution in [0.2, 0.25) is 0 Å². The second-order valence-corrected chi connectivity index (χ2v) is 6.86. The summed E-state index contributed by atoms with van der Waals surface area (Å²) < 4.78 is 37.8. The highest BCUT2D eigenvalue weighted by molar-refractivity contribution is 7.09. The molecule has 0 aliphatic carbocycles. The molecule has 1 N–H and O–H groups in total. The quantitative estimate of drug-likeness (QED) is 0.897. The van der Waals surface area contributed by atoms with Gasteiger partial charge < -0.3 is 5.32 Å². The average molecular weight is 329 g/mol. The lowest BCUT2D eigenvalue weighted by atomic mass is 9.98. The molecule has 0 spiro atoms. The van der Waals surface area contributed by atoms with E-state index in [4.69, 9.17) is 0 Å². The highest BCUT2D eigenvalue weighted by Crippen LogP contribution is 2.30. The van der Waals surface area contributed by atoms with Crippen molar-refractivity contribution in [3.05, 3.63) is 40.0 Å². The van der Waals surface area contributed by atoms with E-state index in [0.717, 1.165) is 29.0 Å². The number of nitrogens with one attached hydrogen (secondary N) is 1. The molecule has 0 saturated carbocycles. The molecule has 0 amide bonds. The normalized spacial score (nSPS) is 12.5. The van der Waals surface area contributed by atoms with Crippen molar-refractivity contribution in [3.63, 3.8) is 0 Å². The molecule has 0 radical (unpaired) electrons. The topological polar surface area (TPSA) is 37.8 Å². The molecule has 22 heavy (non-hydrogen) atoms. The molecule has 2 aromatic rings. The van der Waals surface area contributed by atoms with E-state index in [0.29, 0.717) is 13.0 Å². The molecule has 0 aromatic carbocycles. The Labute approximate surface area is 131 Å². The van der Waals surface area contributed by atoms with Gasteiger partial charge in [-0.15, -0.1) is 11.3 Å². The van der Waals surface area contributed by atoms with Crippen LogP contribution in [0.5, 0.6) is 0 Å². The summed E-state index contributed by atoms with van der Waals surface area (Å²) in [4.78, 5) is 8.45. The van der Waals surface area contributed by atoms with Crippen LogP contribution >= 0.6 is 11.3 Å². The molecule has 2 aromatic heterocycles. The Bertz CT molecular complexity index is 629. The molecule has 0 aliphatic rings. The molecule has 0 unspecified atom stereocenters. The fourth-order valence-electron chi connectivity index (χ4n) is 1.79. The fourth-order valence-corrected chi connectivity index (χ4v) is 2.73. The Balaban J connectivity index is 1.93. The number of nitrogens with zero attached hydrogens (tertiary/aromatic N) is 2. The van der Waals surface area contributed by atoms with E-state index in [1.807, 2.05) is 5.38 Å². The van der Waals surface area contributed by atoms with Crippen LogP contribution < -0.4 is 5.32 Å². The second-order valence-electron chi connectivity index (χ2n) is 6.00. The van der Waals surface area contributed by atoms with Crippen LogP contribution in [-0.2, 0) is 18.0 Å². The third kappa shape index (κ3) is 4.43. The number of pyridine rings is 1. The van der Waals surface area contributed by atoms with Crippen LogP contribution in [0.25, 0.3) is 0 Å². The first-order valence-corrected chi connectivity index (χ1v) is 7.76. The van der Waals surface area contributed by atoms with Crippen molar-refractivity contribution in [3.8, 4) is 0 Å². The summed E-state index contributed by atoms with van der Waals surface area (Å²) in [6.07, 6.45) is -2.55. The number of hydrogen-bond acceptors (Lipinski definition) is 4. The van der Waals surface area contributed by atoms with E-state index in [-0.39, 0.29) is 11.2 Å². The van der Waals surface area contributed by atoms with E-state index >= 15 is 0 Å². The summed E-state index contributed by atoms with van der Waals surface area (Å²) >= 11 is 1.61. The minimum absolute atomic E-state index is 0.0128. The van der Waals surface area contributed by atoms with Gasteiger partial charge in [-0.2, -0.15) is 13.2 Å². The lowest BCUT2D eigenvalue weighted by molar-refractivity contribution is -0.137. The van der Waals surface area contributed by atoms with Gasteiger partial charge in [0.05, 0.1) is 16.3 Å². The van der Waals surface area contributed by atoms with Gasteiger partial charge in [-0.1, -0.05) is 20.8 Å². The molecule has 2 rings (SSSR count). The number of alkyl halides is 3. The molecular formula is C15H18F3N3S. The lowest BCUT2D eigenvalue weighted by Gasteiger charge is -2.13. The summed E-state index contributed by atoms with van der Waals surface area (Å²) in [6, 6.07) is 1.98. The minimum atomic E-state index is -4.35. The molecule has 0 bridgehead atoms. The predicted molar refractivity (Wildman–Crippen MR) is 82.2 cm³/mol. The summed E-state index contributed by atoms with van der Waals surface area (Å²) in [5, 5.41) is 5.95. The summed E-state index contributed by atoms with van der Waals surface area (Å²) in [5.41, 5.74) is 0.252. The van der Waals surface area contributed by atoms with Crippen molar-refractivity contribution in [2.75, 3.05) is 11.9 Å². The van der Waals surface area contributed by atoms with Gasteiger partial charge >= 0.3 is 6.18 Å². The van der Waals surface area contributed by atoms with Crippen LogP contribution in [0.1, 0.15) is 37.0 Å². The lowest BCUT2D eigenvalue weighted by Crippen LogP contribution is -2.12. The predicted octanol–water partition coefficient (Wildman–Crippen LogP) is 4.51. The fraction of sp³-hybridized carbons (Fsp3) is 0.467. The Morgan fingerprint density at radius 2 is 1.95 bits per heavy atom. The standard InChI is InChI=1S/C15H18F3N3S/c1-14(2,3)13-21-11(9-22-13)5-7-20-12-8-10(4-6-19-12)15(16,17)18/h4,6,8-9H,5,7H2,1-3H3,(H,19,20). The molecule has 3 nitrogen and oxygen atoms in total. The van der Waals surface area contributed by atoms with Gasteiger partial charge in [0.15, 0.2) is 0 Å². The number of halogens is 3. The van der Waals surface area contributed by atoms with Gasteiger partial charge in [0.2, 0.25) is 0 Å². The van der Waals surface area contributed by atoms with Crippen LogP contribution in [0.4, 0.5) is 19.0 Å². The van der Waals surface area contributed by atoms with E-state index in [1.165, 1.54) is 0 Å². The van der Waals surface area contributed by atoms with E-state index in [9.17, 15) is 13.2 Å².